The highest BCUT2D eigenvalue weighted by molar-refractivity contribution is 9.10. The summed E-state index contributed by atoms with van der Waals surface area (Å²) in [4.78, 5) is 13.5. The fourth-order valence-corrected chi connectivity index (χ4v) is 4.64. The van der Waals surface area contributed by atoms with Gasteiger partial charge in [0.25, 0.3) is 0 Å². The summed E-state index contributed by atoms with van der Waals surface area (Å²) in [5, 5.41) is 2.74. The smallest absolute Gasteiger partial charge is 0.317 e. The highest BCUT2D eigenvalue weighted by Crippen LogP contribution is 2.23. The largest absolute Gasteiger partial charge is 0.336 e. The number of rotatable bonds is 2. The first-order valence-corrected chi connectivity index (χ1v) is 8.52. The topological polar surface area (TPSA) is 69.7 Å². The lowest BCUT2D eigenvalue weighted by molar-refractivity contribution is 0.164. The minimum atomic E-state index is -3.50. The van der Waals surface area contributed by atoms with Crippen molar-refractivity contribution in [1.82, 2.24) is 14.5 Å². The average molecular weight is 360 g/mol. The number of sulfonamides is 1. The van der Waals surface area contributed by atoms with Gasteiger partial charge in [-0.2, -0.15) is 4.31 Å². The third-order valence-electron chi connectivity index (χ3n) is 3.63. The molecule has 0 bridgehead atoms. The van der Waals surface area contributed by atoms with Crippen molar-refractivity contribution in [2.75, 3.05) is 26.2 Å². The number of benzene rings is 1. The molecular weight excluding hydrogens is 346 g/mol. The summed E-state index contributed by atoms with van der Waals surface area (Å²) in [6, 6.07) is 6.50. The van der Waals surface area contributed by atoms with E-state index in [1.807, 2.05) is 0 Å². The molecule has 1 atom stereocenters. The van der Waals surface area contributed by atoms with Gasteiger partial charge in [0.1, 0.15) is 0 Å². The van der Waals surface area contributed by atoms with Crippen LogP contribution in [0.5, 0.6) is 0 Å². The number of urea groups is 1. The summed E-state index contributed by atoms with van der Waals surface area (Å²) in [5.41, 5.74) is 0. The van der Waals surface area contributed by atoms with E-state index < -0.39 is 10.0 Å². The Kier molecular flexibility index (Phi) is 3.47. The number of carbonyl (C=O) groups excluding carboxylic acids is 1. The fraction of sp³-hybridized carbons (Fsp3) is 0.417. The monoisotopic (exact) mass is 359 g/mol. The summed E-state index contributed by atoms with van der Waals surface area (Å²) in [7, 11) is -3.50. The normalized spacial score (nSPS) is 23.6. The Hall–Kier alpha value is -1.12. The molecule has 2 saturated heterocycles. The van der Waals surface area contributed by atoms with Gasteiger partial charge in [0.15, 0.2) is 0 Å². The SMILES string of the molecule is O=C1NCC2CN(S(=O)(=O)c3cccc(Br)c3)CCN12. The summed E-state index contributed by atoms with van der Waals surface area (Å²) in [6.07, 6.45) is 0. The number of amides is 2. The van der Waals surface area contributed by atoms with Crippen LogP contribution in [0.1, 0.15) is 0 Å². The summed E-state index contributed by atoms with van der Waals surface area (Å²) < 4.78 is 27.4. The molecule has 1 N–H and O–H groups in total. The van der Waals surface area contributed by atoms with Gasteiger partial charge in [-0.25, -0.2) is 13.2 Å². The lowest BCUT2D eigenvalue weighted by Gasteiger charge is -2.35. The van der Waals surface area contributed by atoms with Crippen LogP contribution in [0.2, 0.25) is 0 Å². The van der Waals surface area contributed by atoms with Crippen molar-refractivity contribution in [1.29, 1.82) is 0 Å². The number of hydrogen-bond acceptors (Lipinski definition) is 3. The van der Waals surface area contributed by atoms with E-state index in [1.54, 1.807) is 29.2 Å². The summed E-state index contributed by atoms with van der Waals surface area (Å²) >= 11 is 3.29. The van der Waals surface area contributed by atoms with Crippen molar-refractivity contribution in [2.24, 2.45) is 0 Å². The molecule has 2 amide bonds. The van der Waals surface area contributed by atoms with Crippen molar-refractivity contribution in [3.05, 3.63) is 28.7 Å². The Labute approximate surface area is 125 Å². The first-order chi connectivity index (χ1) is 9.48. The van der Waals surface area contributed by atoms with Gasteiger partial charge in [-0.15, -0.1) is 0 Å². The maximum atomic E-state index is 12.6. The van der Waals surface area contributed by atoms with E-state index in [4.69, 9.17) is 0 Å². The van der Waals surface area contributed by atoms with Gasteiger partial charge in [0.05, 0.1) is 10.9 Å². The molecule has 0 saturated carbocycles. The molecule has 1 aromatic carbocycles. The van der Waals surface area contributed by atoms with E-state index in [9.17, 15) is 13.2 Å². The Morgan fingerprint density at radius 1 is 1.30 bits per heavy atom. The Bertz CT molecular complexity index is 649. The van der Waals surface area contributed by atoms with E-state index in [0.717, 1.165) is 4.47 Å². The maximum Gasteiger partial charge on any atom is 0.317 e. The molecule has 6 nitrogen and oxygen atoms in total. The lowest BCUT2D eigenvalue weighted by Crippen LogP contribution is -2.53. The molecule has 0 spiro atoms. The van der Waals surface area contributed by atoms with Gasteiger partial charge in [0.2, 0.25) is 10.0 Å². The Balaban J connectivity index is 1.84. The zero-order chi connectivity index (χ0) is 14.3. The molecule has 0 aromatic heterocycles. The van der Waals surface area contributed by atoms with Crippen LogP contribution in [0.15, 0.2) is 33.6 Å². The number of fused-ring (bicyclic) bond motifs is 1. The zero-order valence-electron chi connectivity index (χ0n) is 10.6. The van der Waals surface area contributed by atoms with Gasteiger partial charge < -0.3 is 10.2 Å². The van der Waals surface area contributed by atoms with Crippen molar-refractivity contribution in [3.8, 4) is 0 Å². The van der Waals surface area contributed by atoms with E-state index in [-0.39, 0.29) is 17.0 Å². The van der Waals surface area contributed by atoms with Crippen LogP contribution < -0.4 is 5.32 Å². The van der Waals surface area contributed by atoms with Crippen LogP contribution in [0.25, 0.3) is 0 Å². The Morgan fingerprint density at radius 2 is 2.10 bits per heavy atom. The standard InChI is InChI=1S/C12H14BrN3O3S/c13-9-2-1-3-11(6-9)20(18,19)15-4-5-16-10(8-15)7-14-12(16)17/h1-3,6,10H,4-5,7-8H2,(H,14,17). The number of carbonyl (C=O) groups is 1. The summed E-state index contributed by atoms with van der Waals surface area (Å²) in [5.74, 6) is 0. The first-order valence-electron chi connectivity index (χ1n) is 6.29. The number of nitrogens with zero attached hydrogens (tertiary/aromatic N) is 2. The van der Waals surface area contributed by atoms with Crippen LogP contribution in [-0.2, 0) is 10.0 Å². The van der Waals surface area contributed by atoms with Gasteiger partial charge in [-0.05, 0) is 18.2 Å². The van der Waals surface area contributed by atoms with Crippen LogP contribution in [-0.4, -0.2) is 55.9 Å². The lowest BCUT2D eigenvalue weighted by atomic mass is 10.2. The molecule has 8 heteroatoms. The Morgan fingerprint density at radius 3 is 2.85 bits per heavy atom. The number of piperazine rings is 1. The highest BCUT2D eigenvalue weighted by atomic mass is 79.9. The number of hydrogen-bond donors (Lipinski definition) is 1. The van der Waals surface area contributed by atoms with E-state index in [2.05, 4.69) is 21.2 Å². The van der Waals surface area contributed by atoms with Crippen LogP contribution in [0, 0.1) is 0 Å². The second-order valence-corrected chi connectivity index (χ2v) is 7.71. The molecule has 2 aliphatic rings. The highest BCUT2D eigenvalue weighted by Gasteiger charge is 2.39. The molecule has 108 valence electrons. The number of nitrogens with one attached hydrogen (secondary N) is 1. The van der Waals surface area contributed by atoms with E-state index >= 15 is 0 Å². The van der Waals surface area contributed by atoms with Crippen LogP contribution in [0.4, 0.5) is 4.79 Å². The van der Waals surface area contributed by atoms with Crippen molar-refractivity contribution in [3.63, 3.8) is 0 Å². The minimum Gasteiger partial charge on any atom is -0.336 e. The third-order valence-corrected chi connectivity index (χ3v) is 5.98. The second kappa shape index (κ2) is 5.01. The zero-order valence-corrected chi connectivity index (χ0v) is 13.0. The van der Waals surface area contributed by atoms with Crippen molar-refractivity contribution in [2.45, 2.75) is 10.9 Å². The third kappa shape index (κ3) is 2.32. The van der Waals surface area contributed by atoms with Crippen LogP contribution >= 0.6 is 15.9 Å². The predicted octanol–water partition coefficient (Wildman–Crippen LogP) is 0.847. The maximum absolute atomic E-state index is 12.6. The molecule has 2 fully saturated rings. The van der Waals surface area contributed by atoms with Crippen molar-refractivity contribution < 1.29 is 13.2 Å². The molecule has 3 rings (SSSR count). The van der Waals surface area contributed by atoms with Gasteiger partial charge in [-0.3, -0.25) is 0 Å². The van der Waals surface area contributed by atoms with E-state index in [1.165, 1.54) is 4.31 Å². The molecule has 0 aliphatic carbocycles. The molecule has 0 radical (unpaired) electrons. The molecule has 2 heterocycles. The minimum absolute atomic E-state index is 0.0711. The molecule has 20 heavy (non-hydrogen) atoms. The first kappa shape index (κ1) is 13.8. The van der Waals surface area contributed by atoms with Gasteiger partial charge in [-0.1, -0.05) is 22.0 Å². The quantitative estimate of drug-likeness (QED) is 0.850. The molecular formula is C12H14BrN3O3S. The van der Waals surface area contributed by atoms with Gasteiger partial charge >= 0.3 is 6.03 Å². The molecule has 1 unspecified atom stereocenters. The predicted molar refractivity (Wildman–Crippen MR) is 76.8 cm³/mol. The fourth-order valence-electron chi connectivity index (χ4n) is 2.57. The van der Waals surface area contributed by atoms with Crippen molar-refractivity contribution >= 4 is 32.0 Å². The van der Waals surface area contributed by atoms with Gasteiger partial charge in [0, 0.05) is 30.7 Å². The van der Waals surface area contributed by atoms with E-state index in [0.29, 0.717) is 26.2 Å². The molecule has 1 aromatic rings. The summed E-state index contributed by atoms with van der Waals surface area (Å²) in [6.45, 7) is 1.61. The number of halogens is 1. The molecule has 2 aliphatic heterocycles. The van der Waals surface area contributed by atoms with Crippen LogP contribution in [0.3, 0.4) is 0 Å². The second-order valence-electron chi connectivity index (χ2n) is 4.85. The average Bonchev–Trinajstić information content (AvgIpc) is 2.80.